The van der Waals surface area contributed by atoms with Crippen molar-refractivity contribution < 1.29 is 0 Å². The number of nitrogens with zero attached hydrogens (tertiary/aromatic N) is 5. The summed E-state index contributed by atoms with van der Waals surface area (Å²) in [7, 11) is 0. The number of thiophene rings is 1. The lowest BCUT2D eigenvalue weighted by molar-refractivity contribution is 1.07. The van der Waals surface area contributed by atoms with Gasteiger partial charge in [-0.15, -0.1) is 11.3 Å². The Labute approximate surface area is 326 Å². The molecule has 0 aliphatic carbocycles. The highest BCUT2D eigenvalue weighted by molar-refractivity contribution is 7.26. The van der Waals surface area contributed by atoms with Crippen LogP contribution in [0.1, 0.15) is 0 Å². The summed E-state index contributed by atoms with van der Waals surface area (Å²) in [5.41, 5.74) is 11.5. The zero-order valence-corrected chi connectivity index (χ0v) is 30.9. The molecule has 56 heavy (non-hydrogen) atoms. The SMILES string of the molecule is c1ccc(-c2ccc(-c3nc(-c4ccccc4)nc(-c4cc(-c5ccnc6c5sc5ccccc56)cc(-n5c6ccccc6c6ccccc65)c4)n3)cc2)cc1. The Kier molecular flexibility index (Phi) is 7.60. The van der Waals surface area contributed by atoms with E-state index in [0.717, 1.165) is 60.3 Å². The van der Waals surface area contributed by atoms with Gasteiger partial charge in [0.2, 0.25) is 0 Å². The van der Waals surface area contributed by atoms with Gasteiger partial charge in [-0.05, 0) is 59.2 Å². The van der Waals surface area contributed by atoms with E-state index in [1.54, 1.807) is 11.3 Å². The normalized spacial score (nSPS) is 11.6. The Balaban J connectivity index is 1.17. The minimum absolute atomic E-state index is 0.603. The smallest absolute Gasteiger partial charge is 0.164 e. The summed E-state index contributed by atoms with van der Waals surface area (Å²) in [6, 6.07) is 63.7. The predicted molar refractivity (Wildman–Crippen MR) is 232 cm³/mol. The molecule has 0 atom stereocenters. The molecule has 4 heterocycles. The van der Waals surface area contributed by atoms with Gasteiger partial charge < -0.3 is 4.57 Å². The average molecular weight is 734 g/mol. The van der Waals surface area contributed by atoms with Crippen molar-refractivity contribution in [2.24, 2.45) is 0 Å². The zero-order valence-electron chi connectivity index (χ0n) is 30.0. The van der Waals surface area contributed by atoms with Crippen molar-refractivity contribution in [3.05, 3.63) is 188 Å². The largest absolute Gasteiger partial charge is 0.309 e. The van der Waals surface area contributed by atoms with Crippen LogP contribution in [0.3, 0.4) is 0 Å². The van der Waals surface area contributed by atoms with E-state index in [1.807, 2.05) is 30.5 Å². The van der Waals surface area contributed by atoms with Gasteiger partial charge in [-0.1, -0.05) is 140 Å². The highest BCUT2D eigenvalue weighted by Crippen LogP contribution is 2.41. The van der Waals surface area contributed by atoms with Gasteiger partial charge in [0.05, 0.1) is 21.3 Å². The van der Waals surface area contributed by atoms with Crippen LogP contribution in [0.4, 0.5) is 0 Å². The molecule has 262 valence electrons. The van der Waals surface area contributed by atoms with Crippen LogP contribution in [-0.4, -0.2) is 24.5 Å². The number of fused-ring (bicyclic) bond motifs is 6. The number of hydrogen-bond donors (Lipinski definition) is 0. The lowest BCUT2D eigenvalue weighted by atomic mass is 10.0. The Hall–Kier alpha value is -7.28. The molecule has 11 aromatic rings. The number of pyridine rings is 1. The molecule has 0 fully saturated rings. The minimum Gasteiger partial charge on any atom is -0.309 e. The summed E-state index contributed by atoms with van der Waals surface area (Å²) < 4.78 is 4.73. The first-order chi connectivity index (χ1) is 27.7. The van der Waals surface area contributed by atoms with Gasteiger partial charge in [0, 0.05) is 55.0 Å². The summed E-state index contributed by atoms with van der Waals surface area (Å²) in [6.07, 6.45) is 1.93. The van der Waals surface area contributed by atoms with Gasteiger partial charge in [0.15, 0.2) is 17.5 Å². The number of rotatable bonds is 6. The van der Waals surface area contributed by atoms with Crippen LogP contribution in [0.5, 0.6) is 0 Å². The van der Waals surface area contributed by atoms with E-state index < -0.39 is 0 Å². The third-order valence-corrected chi connectivity index (χ3v) is 11.7. The molecule has 0 bridgehead atoms. The Morgan fingerprint density at radius 1 is 0.393 bits per heavy atom. The molecule has 0 N–H and O–H groups in total. The van der Waals surface area contributed by atoms with Gasteiger partial charge in [-0.25, -0.2) is 15.0 Å². The van der Waals surface area contributed by atoms with Gasteiger partial charge in [-0.3, -0.25) is 4.98 Å². The molecule has 0 radical (unpaired) electrons. The van der Waals surface area contributed by atoms with E-state index in [4.69, 9.17) is 19.9 Å². The fourth-order valence-corrected chi connectivity index (χ4v) is 9.05. The van der Waals surface area contributed by atoms with E-state index in [9.17, 15) is 0 Å². The third kappa shape index (κ3) is 5.46. The Morgan fingerprint density at radius 2 is 0.893 bits per heavy atom. The Morgan fingerprint density at radius 3 is 1.57 bits per heavy atom. The van der Waals surface area contributed by atoms with Crippen LogP contribution < -0.4 is 0 Å². The summed E-state index contributed by atoms with van der Waals surface area (Å²) in [5, 5.41) is 3.58. The second-order valence-electron chi connectivity index (χ2n) is 13.9. The molecule has 7 aromatic carbocycles. The first kappa shape index (κ1) is 32.2. The topological polar surface area (TPSA) is 56.5 Å². The van der Waals surface area contributed by atoms with Crippen molar-refractivity contribution in [2.75, 3.05) is 0 Å². The fourth-order valence-electron chi connectivity index (χ4n) is 7.85. The number of para-hydroxylation sites is 2. The van der Waals surface area contributed by atoms with Gasteiger partial charge in [-0.2, -0.15) is 0 Å². The molecular weight excluding hydrogens is 703 g/mol. The molecule has 11 rings (SSSR count). The maximum absolute atomic E-state index is 5.24. The third-order valence-electron chi connectivity index (χ3n) is 10.5. The van der Waals surface area contributed by atoms with Crippen LogP contribution >= 0.6 is 11.3 Å². The van der Waals surface area contributed by atoms with Gasteiger partial charge in [0.25, 0.3) is 0 Å². The highest BCUT2D eigenvalue weighted by Gasteiger charge is 2.19. The number of hydrogen-bond acceptors (Lipinski definition) is 5. The molecule has 0 saturated heterocycles. The maximum atomic E-state index is 5.24. The van der Waals surface area contributed by atoms with Crippen LogP contribution in [0, 0.1) is 0 Å². The van der Waals surface area contributed by atoms with Crippen molar-refractivity contribution in [2.45, 2.75) is 0 Å². The monoisotopic (exact) mass is 733 g/mol. The van der Waals surface area contributed by atoms with Crippen LogP contribution in [-0.2, 0) is 0 Å². The zero-order chi connectivity index (χ0) is 37.0. The van der Waals surface area contributed by atoms with E-state index in [-0.39, 0.29) is 0 Å². The second kappa shape index (κ2) is 13.2. The quantitative estimate of drug-likeness (QED) is 0.171. The van der Waals surface area contributed by atoms with Crippen molar-refractivity contribution in [1.29, 1.82) is 0 Å². The highest BCUT2D eigenvalue weighted by atomic mass is 32.1. The second-order valence-corrected chi connectivity index (χ2v) is 14.9. The van der Waals surface area contributed by atoms with Gasteiger partial charge in [0.1, 0.15) is 0 Å². The molecule has 0 amide bonds. The summed E-state index contributed by atoms with van der Waals surface area (Å²) in [6.45, 7) is 0. The molecule has 4 aromatic heterocycles. The minimum atomic E-state index is 0.603. The molecule has 6 heteroatoms. The summed E-state index contributed by atoms with van der Waals surface area (Å²) >= 11 is 1.78. The first-order valence-electron chi connectivity index (χ1n) is 18.6. The van der Waals surface area contributed by atoms with Crippen LogP contribution in [0.15, 0.2) is 188 Å². The fraction of sp³-hybridized carbons (Fsp3) is 0. The molecule has 0 saturated carbocycles. The van der Waals surface area contributed by atoms with E-state index in [2.05, 4.69) is 162 Å². The lowest BCUT2D eigenvalue weighted by Gasteiger charge is -2.15. The predicted octanol–water partition coefficient (Wildman–Crippen LogP) is 13.1. The van der Waals surface area contributed by atoms with Crippen molar-refractivity contribution in [1.82, 2.24) is 24.5 Å². The number of aromatic nitrogens is 5. The van der Waals surface area contributed by atoms with Crippen molar-refractivity contribution in [3.8, 4) is 62.1 Å². The molecular formula is C50H31N5S. The Bertz CT molecular complexity index is 3190. The maximum Gasteiger partial charge on any atom is 0.164 e. The number of benzene rings is 7. The molecule has 0 spiro atoms. The molecule has 0 unspecified atom stereocenters. The molecule has 0 aliphatic rings. The summed E-state index contributed by atoms with van der Waals surface area (Å²) in [4.78, 5) is 20.4. The standard InChI is InChI=1S/C50H31N5S/c1-3-13-32(14-4-1)33-23-25-35(26-24-33)49-52-48(34-15-5-2-6-16-34)53-50(54-49)37-29-36(39-27-28-51-46-42-19-9-12-22-45(42)56-47(39)46)30-38(31-37)55-43-20-10-7-17-40(43)41-18-8-11-21-44(41)55/h1-31H. The summed E-state index contributed by atoms with van der Waals surface area (Å²) in [5.74, 6) is 1.84. The van der Waals surface area contributed by atoms with Gasteiger partial charge >= 0.3 is 0 Å². The van der Waals surface area contributed by atoms with Crippen LogP contribution in [0.25, 0.3) is 104 Å². The first-order valence-corrected chi connectivity index (χ1v) is 19.4. The molecule has 5 nitrogen and oxygen atoms in total. The van der Waals surface area contributed by atoms with E-state index in [0.29, 0.717) is 17.5 Å². The lowest BCUT2D eigenvalue weighted by Crippen LogP contribution is -2.02. The average Bonchev–Trinajstić information content (AvgIpc) is 3.83. The van der Waals surface area contributed by atoms with Crippen molar-refractivity contribution in [3.63, 3.8) is 0 Å². The van der Waals surface area contributed by atoms with Crippen molar-refractivity contribution >= 4 is 53.4 Å². The van der Waals surface area contributed by atoms with E-state index >= 15 is 0 Å². The van der Waals surface area contributed by atoms with E-state index in [1.165, 1.54) is 26.4 Å². The van der Waals surface area contributed by atoms with Crippen LogP contribution in [0.2, 0.25) is 0 Å². The molecule has 0 aliphatic heterocycles.